The number of H-pyrrole nitrogens is 1. The van der Waals surface area contributed by atoms with E-state index in [2.05, 4.69) is 37.3 Å². The first-order chi connectivity index (χ1) is 15.5. The highest BCUT2D eigenvalue weighted by Gasteiger charge is 2.49. The number of rotatable bonds is 5. The molecule has 164 valence electrons. The number of pyridine rings is 3. The Hall–Kier alpha value is -3.32. The van der Waals surface area contributed by atoms with Crippen LogP contribution in [0.3, 0.4) is 0 Å². The fraction of sp³-hybridized carbons (Fsp3) is 0.360. The Labute approximate surface area is 186 Å². The number of nitrogens with one attached hydrogen (secondary N) is 2. The SMILES string of the molecule is CCc1cc2ncc(C3(N4CC=C(c5ccc(C(=O)NC)nc5)CC4)CC3)cc2[nH]c1=O. The summed E-state index contributed by atoms with van der Waals surface area (Å²) in [6.45, 7) is 3.79. The maximum atomic E-state index is 12.3. The van der Waals surface area contributed by atoms with Crippen LogP contribution >= 0.6 is 0 Å². The van der Waals surface area contributed by atoms with Crippen molar-refractivity contribution in [3.05, 3.63) is 75.5 Å². The third-order valence-electron chi connectivity index (χ3n) is 6.82. The van der Waals surface area contributed by atoms with Crippen LogP contribution in [0.4, 0.5) is 0 Å². The van der Waals surface area contributed by atoms with Gasteiger partial charge in [0.2, 0.25) is 0 Å². The zero-order valence-corrected chi connectivity index (χ0v) is 18.4. The van der Waals surface area contributed by atoms with Crippen molar-refractivity contribution < 1.29 is 4.79 Å². The molecule has 0 bridgehead atoms. The fourth-order valence-corrected chi connectivity index (χ4v) is 4.71. The maximum absolute atomic E-state index is 12.3. The van der Waals surface area contributed by atoms with Gasteiger partial charge in [-0.15, -0.1) is 0 Å². The van der Waals surface area contributed by atoms with Crippen molar-refractivity contribution >= 4 is 22.5 Å². The van der Waals surface area contributed by atoms with Gasteiger partial charge in [0.1, 0.15) is 5.69 Å². The van der Waals surface area contributed by atoms with E-state index in [4.69, 9.17) is 0 Å². The maximum Gasteiger partial charge on any atom is 0.269 e. The lowest BCUT2D eigenvalue weighted by Crippen LogP contribution is -2.38. The topological polar surface area (TPSA) is 91.0 Å². The quantitative estimate of drug-likeness (QED) is 0.651. The smallest absolute Gasteiger partial charge is 0.269 e. The molecule has 3 aromatic heterocycles. The largest absolute Gasteiger partial charge is 0.354 e. The van der Waals surface area contributed by atoms with E-state index in [0.717, 1.165) is 54.5 Å². The molecule has 0 atom stereocenters. The second kappa shape index (κ2) is 7.98. The summed E-state index contributed by atoms with van der Waals surface area (Å²) < 4.78 is 0. The van der Waals surface area contributed by atoms with Crippen LogP contribution in [0, 0.1) is 0 Å². The van der Waals surface area contributed by atoms with Gasteiger partial charge in [-0.25, -0.2) is 0 Å². The van der Waals surface area contributed by atoms with Gasteiger partial charge in [-0.1, -0.05) is 19.1 Å². The lowest BCUT2D eigenvalue weighted by atomic mass is 9.97. The number of hydrogen-bond acceptors (Lipinski definition) is 5. The number of amides is 1. The van der Waals surface area contributed by atoms with Gasteiger partial charge in [0, 0.05) is 43.6 Å². The van der Waals surface area contributed by atoms with Crippen LogP contribution in [-0.2, 0) is 12.0 Å². The summed E-state index contributed by atoms with van der Waals surface area (Å²) in [6, 6.07) is 7.75. The summed E-state index contributed by atoms with van der Waals surface area (Å²) in [7, 11) is 1.61. The minimum absolute atomic E-state index is 0.00482. The third kappa shape index (κ3) is 3.52. The van der Waals surface area contributed by atoms with Crippen LogP contribution in [0.5, 0.6) is 0 Å². The average molecular weight is 430 g/mol. The summed E-state index contributed by atoms with van der Waals surface area (Å²) in [5.74, 6) is -0.174. The number of nitrogens with zero attached hydrogens (tertiary/aromatic N) is 3. The Morgan fingerprint density at radius 1 is 1.22 bits per heavy atom. The highest BCUT2D eigenvalue weighted by atomic mass is 16.1. The molecule has 0 spiro atoms. The molecule has 1 saturated carbocycles. The first kappa shape index (κ1) is 20.6. The molecule has 2 aliphatic rings. The van der Waals surface area contributed by atoms with Gasteiger partial charge in [-0.2, -0.15) is 0 Å². The molecule has 0 aromatic carbocycles. The second-order valence-corrected chi connectivity index (χ2v) is 8.60. The van der Waals surface area contributed by atoms with Gasteiger partial charge < -0.3 is 10.3 Å². The molecule has 3 aromatic rings. The monoisotopic (exact) mass is 429 g/mol. The van der Waals surface area contributed by atoms with Crippen LogP contribution in [0.25, 0.3) is 16.6 Å². The summed E-state index contributed by atoms with van der Waals surface area (Å²) in [5.41, 5.74) is 6.35. The molecule has 7 heteroatoms. The van der Waals surface area contributed by atoms with Gasteiger partial charge in [0.25, 0.3) is 11.5 Å². The van der Waals surface area contributed by atoms with E-state index in [1.165, 1.54) is 11.1 Å². The van der Waals surface area contributed by atoms with E-state index < -0.39 is 0 Å². The number of fused-ring (bicyclic) bond motifs is 1. The Morgan fingerprint density at radius 2 is 2.06 bits per heavy atom. The van der Waals surface area contributed by atoms with Crippen molar-refractivity contribution in [3.63, 3.8) is 0 Å². The first-order valence-corrected chi connectivity index (χ1v) is 11.2. The normalized spacial score (nSPS) is 17.8. The number of aromatic amines is 1. The van der Waals surface area contributed by atoms with Crippen LogP contribution in [0.1, 0.15) is 53.4 Å². The zero-order valence-electron chi connectivity index (χ0n) is 18.4. The van der Waals surface area contributed by atoms with Crippen molar-refractivity contribution in [3.8, 4) is 0 Å². The molecule has 2 N–H and O–H groups in total. The summed E-state index contributed by atoms with van der Waals surface area (Å²) in [5, 5.41) is 2.60. The van der Waals surface area contributed by atoms with Crippen LogP contribution in [0.2, 0.25) is 0 Å². The highest BCUT2D eigenvalue weighted by molar-refractivity contribution is 5.92. The summed E-state index contributed by atoms with van der Waals surface area (Å²) >= 11 is 0. The average Bonchev–Trinajstić information content (AvgIpc) is 3.65. The molecule has 1 fully saturated rings. The lowest BCUT2D eigenvalue weighted by molar-refractivity contribution is 0.0958. The number of hydrogen-bond donors (Lipinski definition) is 2. The molecular weight excluding hydrogens is 402 g/mol. The second-order valence-electron chi connectivity index (χ2n) is 8.60. The van der Waals surface area contributed by atoms with E-state index in [1.807, 2.05) is 25.3 Å². The first-order valence-electron chi connectivity index (χ1n) is 11.2. The highest BCUT2D eigenvalue weighted by Crippen LogP contribution is 2.52. The molecule has 32 heavy (non-hydrogen) atoms. The van der Waals surface area contributed by atoms with Crippen molar-refractivity contribution in [2.75, 3.05) is 20.1 Å². The van der Waals surface area contributed by atoms with E-state index in [0.29, 0.717) is 12.1 Å². The molecule has 0 unspecified atom stereocenters. The van der Waals surface area contributed by atoms with Crippen LogP contribution in [-0.4, -0.2) is 45.9 Å². The number of aryl methyl sites for hydroxylation is 1. The van der Waals surface area contributed by atoms with Gasteiger partial charge in [-0.3, -0.25) is 24.5 Å². The number of carbonyl (C=O) groups is 1. The van der Waals surface area contributed by atoms with E-state index in [-0.39, 0.29) is 17.0 Å². The molecule has 1 aliphatic heterocycles. The molecular formula is C25H27N5O2. The minimum atomic E-state index is -0.174. The van der Waals surface area contributed by atoms with Gasteiger partial charge >= 0.3 is 0 Å². The van der Waals surface area contributed by atoms with Gasteiger partial charge in [0.05, 0.1) is 11.0 Å². The van der Waals surface area contributed by atoms with Crippen molar-refractivity contribution in [2.24, 2.45) is 0 Å². The van der Waals surface area contributed by atoms with Gasteiger partial charge in [-0.05, 0) is 60.6 Å². The minimum Gasteiger partial charge on any atom is -0.354 e. The van der Waals surface area contributed by atoms with E-state index in [9.17, 15) is 9.59 Å². The molecule has 5 rings (SSSR count). The van der Waals surface area contributed by atoms with Crippen molar-refractivity contribution in [1.82, 2.24) is 25.2 Å². The molecule has 1 aliphatic carbocycles. The zero-order chi connectivity index (χ0) is 22.3. The van der Waals surface area contributed by atoms with Crippen LogP contribution in [0.15, 0.2) is 47.5 Å². The van der Waals surface area contributed by atoms with Crippen molar-refractivity contribution in [1.29, 1.82) is 0 Å². The Balaban J connectivity index is 1.36. The van der Waals surface area contributed by atoms with E-state index >= 15 is 0 Å². The standard InChI is InChI=1S/C25H27N5O2/c1-3-16-12-21-22(29-23(16)31)13-19(15-28-21)25(8-9-25)30-10-6-17(7-11-30)18-4-5-20(27-14-18)24(32)26-2/h4-6,12-15H,3,7-11H2,1-2H3,(H,26,32)(H,29,31). The predicted octanol–water partition coefficient (Wildman–Crippen LogP) is 3.02. The molecule has 7 nitrogen and oxygen atoms in total. The lowest BCUT2D eigenvalue weighted by Gasteiger charge is -2.34. The Bertz CT molecular complexity index is 1270. The molecule has 4 heterocycles. The fourth-order valence-electron chi connectivity index (χ4n) is 4.71. The van der Waals surface area contributed by atoms with E-state index in [1.54, 1.807) is 19.3 Å². The van der Waals surface area contributed by atoms with Crippen LogP contribution < -0.4 is 10.9 Å². The number of aromatic nitrogens is 3. The van der Waals surface area contributed by atoms with Crippen molar-refractivity contribution in [2.45, 2.75) is 38.1 Å². The molecule has 0 saturated heterocycles. The Kier molecular flexibility index (Phi) is 5.13. The molecule has 0 radical (unpaired) electrons. The summed E-state index contributed by atoms with van der Waals surface area (Å²) in [6.07, 6.45) is 9.86. The summed E-state index contributed by atoms with van der Waals surface area (Å²) in [4.78, 5) is 38.5. The van der Waals surface area contributed by atoms with Gasteiger partial charge in [0.15, 0.2) is 0 Å². The third-order valence-corrected chi connectivity index (χ3v) is 6.82. The molecule has 1 amide bonds. The Morgan fingerprint density at radius 3 is 2.69 bits per heavy atom. The number of carbonyl (C=O) groups excluding carboxylic acids is 1. The predicted molar refractivity (Wildman–Crippen MR) is 124 cm³/mol.